The maximum absolute atomic E-state index is 3.62. The molecular weight excluding hydrogens is 282 g/mol. The van der Waals surface area contributed by atoms with Crippen LogP contribution in [0, 0.1) is 0 Å². The van der Waals surface area contributed by atoms with Crippen LogP contribution in [0.3, 0.4) is 0 Å². The fraction of sp³-hybridized carbons (Fsp3) is 0.538. The number of hydrogen-bond acceptors (Lipinski definition) is 2. The van der Waals surface area contributed by atoms with Crippen LogP contribution in [-0.2, 0) is 6.54 Å². The van der Waals surface area contributed by atoms with E-state index in [4.69, 9.17) is 0 Å². The number of halogens is 1. The zero-order valence-electron chi connectivity index (χ0n) is 9.87. The molecule has 0 spiro atoms. The van der Waals surface area contributed by atoms with Crippen molar-refractivity contribution in [2.24, 2.45) is 0 Å². The molecule has 0 radical (unpaired) electrons. The van der Waals surface area contributed by atoms with Crippen molar-refractivity contribution in [1.82, 2.24) is 4.90 Å². The van der Waals surface area contributed by atoms with Gasteiger partial charge < -0.3 is 0 Å². The molecule has 1 aliphatic heterocycles. The summed E-state index contributed by atoms with van der Waals surface area (Å²) in [6.45, 7) is 8.12. The average Bonchev–Trinajstić information content (AvgIpc) is 2.20. The Balaban J connectivity index is 2.02. The number of thioether (sulfide) groups is 1. The predicted octanol–water partition coefficient (Wildman–Crippen LogP) is 3.78. The Morgan fingerprint density at radius 3 is 2.81 bits per heavy atom. The minimum absolute atomic E-state index is 0.402. The minimum atomic E-state index is 0.402. The van der Waals surface area contributed by atoms with Gasteiger partial charge in [-0.3, -0.25) is 4.90 Å². The molecule has 16 heavy (non-hydrogen) atoms. The summed E-state index contributed by atoms with van der Waals surface area (Å²) in [5.74, 6) is 1.25. The highest BCUT2D eigenvalue weighted by Gasteiger charge is 2.26. The van der Waals surface area contributed by atoms with Crippen LogP contribution in [0.2, 0.25) is 0 Å². The lowest BCUT2D eigenvalue weighted by molar-refractivity contribution is 0.252. The van der Waals surface area contributed by atoms with Gasteiger partial charge in [-0.2, -0.15) is 11.8 Å². The summed E-state index contributed by atoms with van der Waals surface area (Å²) in [6, 6.07) is 8.52. The van der Waals surface area contributed by atoms with Crippen LogP contribution in [0.25, 0.3) is 0 Å². The molecular formula is C13H18BrNS. The third-order valence-electron chi connectivity index (χ3n) is 2.86. The summed E-state index contributed by atoms with van der Waals surface area (Å²) in [6.07, 6.45) is 0. The SMILES string of the molecule is CC1(C)CN(Cc2ccccc2Br)CCS1. The Kier molecular flexibility index (Phi) is 3.98. The largest absolute Gasteiger partial charge is 0.297 e. The van der Waals surface area contributed by atoms with Crippen molar-refractivity contribution < 1.29 is 0 Å². The lowest BCUT2D eigenvalue weighted by Gasteiger charge is -2.37. The van der Waals surface area contributed by atoms with Crippen molar-refractivity contribution in [2.75, 3.05) is 18.8 Å². The number of rotatable bonds is 2. The lowest BCUT2D eigenvalue weighted by atomic mass is 10.1. The molecule has 1 aromatic carbocycles. The summed E-state index contributed by atoms with van der Waals surface area (Å²) in [4.78, 5) is 2.55. The summed E-state index contributed by atoms with van der Waals surface area (Å²) >= 11 is 5.71. The van der Waals surface area contributed by atoms with E-state index in [1.165, 1.54) is 28.9 Å². The van der Waals surface area contributed by atoms with Gasteiger partial charge in [0.15, 0.2) is 0 Å². The Morgan fingerprint density at radius 2 is 2.12 bits per heavy atom. The van der Waals surface area contributed by atoms with Crippen molar-refractivity contribution in [2.45, 2.75) is 25.1 Å². The van der Waals surface area contributed by atoms with E-state index in [0.717, 1.165) is 6.54 Å². The van der Waals surface area contributed by atoms with E-state index in [1.54, 1.807) is 0 Å². The van der Waals surface area contributed by atoms with E-state index in [-0.39, 0.29) is 0 Å². The summed E-state index contributed by atoms with van der Waals surface area (Å²) < 4.78 is 1.63. The average molecular weight is 300 g/mol. The molecule has 1 fully saturated rings. The maximum atomic E-state index is 3.62. The van der Waals surface area contributed by atoms with E-state index in [0.29, 0.717) is 4.75 Å². The van der Waals surface area contributed by atoms with Gasteiger partial charge in [-0.05, 0) is 25.5 Å². The van der Waals surface area contributed by atoms with Gasteiger partial charge in [0.2, 0.25) is 0 Å². The normalized spacial score (nSPS) is 20.9. The summed E-state index contributed by atoms with van der Waals surface area (Å²) in [5, 5.41) is 0. The Labute approximate surface area is 111 Å². The van der Waals surface area contributed by atoms with Gasteiger partial charge in [-0.15, -0.1) is 0 Å². The highest BCUT2D eigenvalue weighted by molar-refractivity contribution is 9.10. The van der Waals surface area contributed by atoms with Crippen molar-refractivity contribution >= 4 is 27.7 Å². The standard InChI is InChI=1S/C13H18BrNS/c1-13(2)10-15(7-8-16-13)9-11-5-3-4-6-12(11)14/h3-6H,7-10H2,1-2H3. The molecule has 1 heterocycles. The fourth-order valence-electron chi connectivity index (χ4n) is 2.12. The monoisotopic (exact) mass is 299 g/mol. The second kappa shape index (κ2) is 5.11. The van der Waals surface area contributed by atoms with Gasteiger partial charge in [0, 0.05) is 34.6 Å². The molecule has 1 aromatic rings. The van der Waals surface area contributed by atoms with E-state index >= 15 is 0 Å². The van der Waals surface area contributed by atoms with Crippen molar-refractivity contribution in [1.29, 1.82) is 0 Å². The number of hydrogen-bond donors (Lipinski definition) is 0. The summed E-state index contributed by atoms with van der Waals surface area (Å²) in [5.41, 5.74) is 1.39. The first-order valence-corrected chi connectivity index (χ1v) is 7.44. The molecule has 1 nitrogen and oxygen atoms in total. The summed E-state index contributed by atoms with van der Waals surface area (Å²) in [7, 11) is 0. The number of benzene rings is 1. The molecule has 0 saturated carbocycles. The molecule has 0 amide bonds. The molecule has 2 rings (SSSR count). The van der Waals surface area contributed by atoms with Crippen molar-refractivity contribution in [3.05, 3.63) is 34.3 Å². The van der Waals surface area contributed by atoms with Crippen LogP contribution in [0.4, 0.5) is 0 Å². The maximum Gasteiger partial charge on any atom is 0.0245 e. The third kappa shape index (κ3) is 3.25. The van der Waals surface area contributed by atoms with Crippen molar-refractivity contribution in [3.63, 3.8) is 0 Å². The molecule has 0 unspecified atom stereocenters. The van der Waals surface area contributed by atoms with Gasteiger partial charge in [-0.25, -0.2) is 0 Å². The molecule has 88 valence electrons. The van der Waals surface area contributed by atoms with Crippen LogP contribution in [0.1, 0.15) is 19.4 Å². The highest BCUT2D eigenvalue weighted by Crippen LogP contribution is 2.30. The molecule has 0 aliphatic carbocycles. The Morgan fingerprint density at radius 1 is 1.38 bits per heavy atom. The van der Waals surface area contributed by atoms with E-state index in [1.807, 2.05) is 0 Å². The van der Waals surface area contributed by atoms with E-state index in [2.05, 4.69) is 70.7 Å². The highest BCUT2D eigenvalue weighted by atomic mass is 79.9. The first kappa shape index (κ1) is 12.5. The van der Waals surface area contributed by atoms with Gasteiger partial charge in [0.1, 0.15) is 0 Å². The predicted molar refractivity (Wildman–Crippen MR) is 76.0 cm³/mol. The molecule has 0 atom stereocenters. The minimum Gasteiger partial charge on any atom is -0.297 e. The van der Waals surface area contributed by atoms with Gasteiger partial charge in [0.05, 0.1) is 0 Å². The van der Waals surface area contributed by atoms with E-state index in [9.17, 15) is 0 Å². The van der Waals surface area contributed by atoms with Gasteiger partial charge in [-0.1, -0.05) is 34.1 Å². The third-order valence-corrected chi connectivity index (χ3v) is 4.93. The zero-order valence-corrected chi connectivity index (χ0v) is 12.3. The Bertz CT molecular complexity index is 365. The fourth-order valence-corrected chi connectivity index (χ4v) is 3.70. The first-order chi connectivity index (χ1) is 7.57. The quantitative estimate of drug-likeness (QED) is 0.818. The topological polar surface area (TPSA) is 3.24 Å². The van der Waals surface area contributed by atoms with Crippen LogP contribution in [0.5, 0.6) is 0 Å². The van der Waals surface area contributed by atoms with Crippen LogP contribution >= 0.6 is 27.7 Å². The zero-order chi connectivity index (χ0) is 11.6. The molecule has 3 heteroatoms. The number of nitrogens with zero attached hydrogens (tertiary/aromatic N) is 1. The van der Waals surface area contributed by atoms with Crippen LogP contribution in [0.15, 0.2) is 28.7 Å². The van der Waals surface area contributed by atoms with Crippen LogP contribution in [-0.4, -0.2) is 28.5 Å². The Hall–Kier alpha value is 0.01000. The molecule has 0 bridgehead atoms. The van der Waals surface area contributed by atoms with E-state index < -0.39 is 0 Å². The second-order valence-electron chi connectivity index (χ2n) is 4.91. The first-order valence-electron chi connectivity index (χ1n) is 5.66. The van der Waals surface area contributed by atoms with Crippen molar-refractivity contribution in [3.8, 4) is 0 Å². The van der Waals surface area contributed by atoms with Gasteiger partial charge in [0.25, 0.3) is 0 Å². The molecule has 0 N–H and O–H groups in total. The van der Waals surface area contributed by atoms with Crippen LogP contribution < -0.4 is 0 Å². The van der Waals surface area contributed by atoms with Gasteiger partial charge >= 0.3 is 0 Å². The molecule has 1 saturated heterocycles. The lowest BCUT2D eigenvalue weighted by Crippen LogP contribution is -2.42. The second-order valence-corrected chi connectivity index (χ2v) is 7.57. The molecule has 1 aliphatic rings. The molecule has 0 aromatic heterocycles. The smallest absolute Gasteiger partial charge is 0.0245 e.